The lowest BCUT2D eigenvalue weighted by atomic mass is 9.90. The predicted octanol–water partition coefficient (Wildman–Crippen LogP) is 2.93. The number of halogens is 3. The summed E-state index contributed by atoms with van der Waals surface area (Å²) in [5.74, 6) is -2.24. The summed E-state index contributed by atoms with van der Waals surface area (Å²) >= 11 is 0. The monoisotopic (exact) mass is 229 g/mol. The van der Waals surface area contributed by atoms with Gasteiger partial charge in [-0.25, -0.2) is 13.2 Å². The van der Waals surface area contributed by atoms with Gasteiger partial charge < -0.3 is 4.90 Å². The van der Waals surface area contributed by atoms with E-state index in [2.05, 4.69) is 4.90 Å². The van der Waals surface area contributed by atoms with E-state index in [0.29, 0.717) is 13.1 Å². The van der Waals surface area contributed by atoms with Crippen molar-refractivity contribution in [3.8, 4) is 0 Å². The summed E-state index contributed by atoms with van der Waals surface area (Å²) in [5, 5.41) is 0. The van der Waals surface area contributed by atoms with E-state index in [9.17, 15) is 13.2 Å². The van der Waals surface area contributed by atoms with Crippen molar-refractivity contribution in [1.82, 2.24) is 4.90 Å². The van der Waals surface area contributed by atoms with E-state index in [1.807, 2.05) is 6.92 Å². The molecule has 1 aliphatic heterocycles. The lowest BCUT2D eigenvalue weighted by molar-refractivity contribution is 0.0410. The molecule has 0 spiro atoms. The number of nitrogens with zero attached hydrogens (tertiary/aromatic N) is 1. The first-order valence-corrected chi connectivity index (χ1v) is 5.43. The van der Waals surface area contributed by atoms with Crippen LogP contribution in [0.4, 0.5) is 13.2 Å². The maximum atomic E-state index is 13.9. The normalized spacial score (nSPS) is 19.5. The third-order valence-electron chi connectivity index (χ3n) is 3.13. The molecule has 1 aliphatic rings. The Balaban J connectivity index is 2.10. The van der Waals surface area contributed by atoms with Crippen molar-refractivity contribution in [1.29, 1.82) is 0 Å². The van der Waals surface area contributed by atoms with E-state index in [1.165, 1.54) is 12.1 Å². The molecule has 0 radical (unpaired) electrons. The molecule has 4 heteroatoms. The van der Waals surface area contributed by atoms with Crippen LogP contribution in [-0.4, -0.2) is 24.5 Å². The molecular formula is C12H14F3N. The first-order chi connectivity index (χ1) is 7.63. The third kappa shape index (κ3) is 1.94. The molecule has 1 saturated heterocycles. The lowest BCUT2D eigenvalue weighted by Crippen LogP contribution is -2.48. The van der Waals surface area contributed by atoms with Crippen LogP contribution in [0.25, 0.3) is 0 Å². The number of hydrogen-bond acceptors (Lipinski definition) is 1. The minimum atomic E-state index is -1.40. The highest BCUT2D eigenvalue weighted by molar-refractivity contribution is 5.22. The van der Waals surface area contributed by atoms with E-state index >= 15 is 0 Å². The maximum Gasteiger partial charge on any atom is 0.164 e. The Bertz CT molecular complexity index is 375. The first-order valence-electron chi connectivity index (χ1n) is 5.43. The molecule has 1 unspecified atom stereocenters. The van der Waals surface area contributed by atoms with Crippen LogP contribution in [0.2, 0.25) is 0 Å². The predicted molar refractivity (Wildman–Crippen MR) is 55.8 cm³/mol. The summed E-state index contributed by atoms with van der Waals surface area (Å²) in [6.45, 7) is 4.10. The quantitative estimate of drug-likeness (QED) is 0.770. The molecule has 88 valence electrons. The molecule has 16 heavy (non-hydrogen) atoms. The van der Waals surface area contributed by atoms with Crippen LogP contribution in [0.5, 0.6) is 0 Å². The molecule has 2 rings (SSSR count). The Labute approximate surface area is 92.9 Å². The van der Waals surface area contributed by atoms with Crippen LogP contribution in [0, 0.1) is 17.6 Å². The number of hydrogen-bond donors (Lipinski definition) is 0. The van der Waals surface area contributed by atoms with Crippen molar-refractivity contribution < 1.29 is 13.2 Å². The zero-order valence-corrected chi connectivity index (χ0v) is 9.09. The fraction of sp³-hybridized carbons (Fsp3) is 0.500. The molecule has 1 fully saturated rings. The van der Waals surface area contributed by atoms with Crippen LogP contribution in [0.15, 0.2) is 18.2 Å². The van der Waals surface area contributed by atoms with Crippen LogP contribution in [0.1, 0.15) is 18.7 Å². The Morgan fingerprint density at radius 1 is 1.38 bits per heavy atom. The van der Waals surface area contributed by atoms with Gasteiger partial charge in [-0.2, -0.15) is 0 Å². The van der Waals surface area contributed by atoms with Crippen molar-refractivity contribution in [2.75, 3.05) is 19.6 Å². The standard InChI is InChI=1S/C12H14F3N/c1-2-16-6-8(7-16)11(14)9-4-3-5-10(13)12(9)15/h3-5,8,11H,2,6-7H2,1H3. The van der Waals surface area contributed by atoms with Gasteiger partial charge in [0.2, 0.25) is 0 Å². The fourth-order valence-corrected chi connectivity index (χ4v) is 2.04. The largest absolute Gasteiger partial charge is 0.303 e. The average molecular weight is 229 g/mol. The second-order valence-electron chi connectivity index (χ2n) is 4.16. The van der Waals surface area contributed by atoms with Gasteiger partial charge in [0, 0.05) is 24.6 Å². The average Bonchev–Trinajstić information content (AvgIpc) is 2.20. The summed E-state index contributed by atoms with van der Waals surface area (Å²) < 4.78 is 40.1. The van der Waals surface area contributed by atoms with Gasteiger partial charge in [0.1, 0.15) is 6.17 Å². The number of alkyl halides is 1. The maximum absolute atomic E-state index is 13.9. The summed E-state index contributed by atoms with van der Waals surface area (Å²) in [6.07, 6.45) is -1.40. The molecule has 0 aliphatic carbocycles. The summed E-state index contributed by atoms with van der Waals surface area (Å²) in [6, 6.07) is 3.67. The smallest absolute Gasteiger partial charge is 0.164 e. The highest BCUT2D eigenvalue weighted by Crippen LogP contribution is 2.34. The van der Waals surface area contributed by atoms with E-state index < -0.39 is 17.8 Å². The van der Waals surface area contributed by atoms with E-state index in [0.717, 1.165) is 12.6 Å². The summed E-state index contributed by atoms with van der Waals surface area (Å²) in [4.78, 5) is 2.06. The lowest BCUT2D eigenvalue weighted by Gasteiger charge is -2.40. The second kappa shape index (κ2) is 4.45. The van der Waals surface area contributed by atoms with Gasteiger partial charge in [-0.1, -0.05) is 19.1 Å². The number of rotatable bonds is 3. The Kier molecular flexibility index (Phi) is 3.19. The number of benzene rings is 1. The minimum absolute atomic E-state index is 0.152. The number of likely N-dealkylation sites (tertiary alicyclic amines) is 1. The van der Waals surface area contributed by atoms with Crippen LogP contribution in [-0.2, 0) is 0 Å². The van der Waals surface area contributed by atoms with Crippen molar-refractivity contribution in [3.63, 3.8) is 0 Å². The van der Waals surface area contributed by atoms with Gasteiger partial charge in [0.05, 0.1) is 0 Å². The molecule has 1 nitrogen and oxygen atoms in total. The zero-order chi connectivity index (χ0) is 11.7. The van der Waals surface area contributed by atoms with E-state index in [4.69, 9.17) is 0 Å². The molecule has 0 N–H and O–H groups in total. The van der Waals surface area contributed by atoms with Crippen LogP contribution < -0.4 is 0 Å². The van der Waals surface area contributed by atoms with Crippen molar-refractivity contribution in [2.45, 2.75) is 13.1 Å². The van der Waals surface area contributed by atoms with Crippen molar-refractivity contribution >= 4 is 0 Å². The van der Waals surface area contributed by atoms with E-state index in [1.54, 1.807) is 0 Å². The first kappa shape index (κ1) is 11.5. The molecule has 1 aromatic rings. The molecule has 0 bridgehead atoms. The molecular weight excluding hydrogens is 215 g/mol. The summed E-state index contributed by atoms with van der Waals surface area (Å²) in [5.41, 5.74) is -0.152. The Hall–Kier alpha value is -1.03. The highest BCUT2D eigenvalue weighted by atomic mass is 19.2. The van der Waals surface area contributed by atoms with Crippen LogP contribution >= 0.6 is 0 Å². The third-order valence-corrected chi connectivity index (χ3v) is 3.13. The van der Waals surface area contributed by atoms with Gasteiger partial charge in [-0.05, 0) is 12.6 Å². The Morgan fingerprint density at radius 3 is 2.69 bits per heavy atom. The zero-order valence-electron chi connectivity index (χ0n) is 9.09. The van der Waals surface area contributed by atoms with Gasteiger partial charge in [-0.3, -0.25) is 0 Å². The van der Waals surface area contributed by atoms with Crippen molar-refractivity contribution in [2.24, 2.45) is 5.92 Å². The SMILES string of the molecule is CCN1CC(C(F)c2cccc(F)c2F)C1. The molecule has 0 aromatic heterocycles. The topological polar surface area (TPSA) is 3.24 Å². The van der Waals surface area contributed by atoms with Crippen molar-refractivity contribution in [3.05, 3.63) is 35.4 Å². The minimum Gasteiger partial charge on any atom is -0.303 e. The molecule has 1 heterocycles. The molecule has 1 atom stereocenters. The second-order valence-corrected chi connectivity index (χ2v) is 4.16. The summed E-state index contributed by atoms with van der Waals surface area (Å²) in [7, 11) is 0. The molecule has 0 saturated carbocycles. The van der Waals surface area contributed by atoms with Gasteiger partial charge in [0.15, 0.2) is 11.6 Å². The van der Waals surface area contributed by atoms with Gasteiger partial charge >= 0.3 is 0 Å². The molecule has 0 amide bonds. The Morgan fingerprint density at radius 2 is 2.06 bits per heavy atom. The molecule has 1 aromatic carbocycles. The fourth-order valence-electron chi connectivity index (χ4n) is 2.04. The van der Waals surface area contributed by atoms with Gasteiger partial charge in [0.25, 0.3) is 0 Å². The van der Waals surface area contributed by atoms with Crippen LogP contribution in [0.3, 0.4) is 0 Å². The highest BCUT2D eigenvalue weighted by Gasteiger charge is 2.35. The van der Waals surface area contributed by atoms with E-state index in [-0.39, 0.29) is 11.5 Å². The van der Waals surface area contributed by atoms with Gasteiger partial charge in [-0.15, -0.1) is 0 Å².